The standard InChI is InChI=1S/C17H10ClN3OS2/c1-20-12-8-9(18)6-7-13(12)23-15(20)14-16(22)24-17-19-10-4-2-3-5-11(10)21(14)17/h2-8H,1H3. The Hall–Kier alpha value is -2.02. The van der Waals surface area contributed by atoms with E-state index >= 15 is 0 Å². The van der Waals surface area contributed by atoms with Crippen LogP contribution in [0.1, 0.15) is 0 Å². The number of anilines is 1. The zero-order valence-corrected chi connectivity index (χ0v) is 14.9. The van der Waals surface area contributed by atoms with Gasteiger partial charge in [-0.2, -0.15) is 0 Å². The van der Waals surface area contributed by atoms with Crippen molar-refractivity contribution < 1.29 is 0 Å². The molecule has 0 aliphatic carbocycles. The van der Waals surface area contributed by atoms with Gasteiger partial charge in [0.25, 0.3) is 4.74 Å². The van der Waals surface area contributed by atoms with E-state index in [1.165, 1.54) is 11.3 Å². The Morgan fingerprint density at radius 3 is 2.88 bits per heavy atom. The zero-order valence-electron chi connectivity index (χ0n) is 12.5. The molecule has 0 spiro atoms. The Bertz CT molecular complexity index is 1240. The van der Waals surface area contributed by atoms with Crippen LogP contribution < -0.4 is 15.0 Å². The summed E-state index contributed by atoms with van der Waals surface area (Å²) >= 11 is 8.91. The summed E-state index contributed by atoms with van der Waals surface area (Å²) in [6.07, 6.45) is 0. The Kier molecular flexibility index (Phi) is 2.98. The Balaban J connectivity index is 1.91. The van der Waals surface area contributed by atoms with Crippen LogP contribution in [0.4, 0.5) is 5.69 Å². The van der Waals surface area contributed by atoms with Crippen LogP contribution in [0.3, 0.4) is 0 Å². The van der Waals surface area contributed by atoms with Crippen LogP contribution in [0.25, 0.3) is 21.0 Å². The van der Waals surface area contributed by atoms with Crippen LogP contribution in [-0.2, 0) is 0 Å². The van der Waals surface area contributed by atoms with E-state index in [1.54, 1.807) is 11.8 Å². The lowest BCUT2D eigenvalue weighted by atomic mass is 10.3. The minimum absolute atomic E-state index is 0.0245. The number of para-hydroxylation sites is 2. The number of hydrogen-bond donors (Lipinski definition) is 0. The maximum absolute atomic E-state index is 12.7. The largest absolute Gasteiger partial charge is 0.336 e. The average molecular weight is 372 g/mol. The second kappa shape index (κ2) is 4.99. The fourth-order valence-electron chi connectivity index (χ4n) is 3.02. The Morgan fingerprint density at radius 2 is 2.00 bits per heavy atom. The maximum atomic E-state index is 12.7. The highest BCUT2D eigenvalue weighted by molar-refractivity contribution is 8.08. The van der Waals surface area contributed by atoms with Gasteiger partial charge in [0.15, 0.2) is 4.96 Å². The molecule has 7 heteroatoms. The van der Waals surface area contributed by atoms with E-state index in [9.17, 15) is 4.79 Å². The van der Waals surface area contributed by atoms with Gasteiger partial charge in [-0.25, -0.2) is 4.98 Å². The third-order valence-corrected chi connectivity index (χ3v) is 6.42. The lowest BCUT2D eigenvalue weighted by Crippen LogP contribution is -2.30. The van der Waals surface area contributed by atoms with Crippen LogP contribution >= 0.6 is 34.7 Å². The summed E-state index contributed by atoms with van der Waals surface area (Å²) < 4.78 is 1.99. The van der Waals surface area contributed by atoms with Crippen LogP contribution in [0.15, 0.2) is 52.2 Å². The summed E-state index contributed by atoms with van der Waals surface area (Å²) in [6, 6.07) is 13.7. The lowest BCUT2D eigenvalue weighted by Gasteiger charge is -2.12. The van der Waals surface area contributed by atoms with Crippen molar-refractivity contribution in [1.82, 2.24) is 9.38 Å². The number of benzene rings is 2. The first kappa shape index (κ1) is 14.3. The third-order valence-electron chi connectivity index (χ3n) is 4.13. The van der Waals surface area contributed by atoms with Gasteiger partial charge >= 0.3 is 0 Å². The van der Waals surface area contributed by atoms with Gasteiger partial charge in [-0.1, -0.05) is 46.8 Å². The highest BCUT2D eigenvalue weighted by Crippen LogP contribution is 2.46. The molecule has 0 amide bonds. The quantitative estimate of drug-likeness (QED) is 0.473. The number of imidazole rings is 1. The number of hydrogen-bond acceptors (Lipinski definition) is 5. The van der Waals surface area contributed by atoms with Crippen molar-refractivity contribution in [2.24, 2.45) is 0 Å². The van der Waals surface area contributed by atoms with E-state index in [0.29, 0.717) is 10.4 Å². The molecular formula is C17H10ClN3OS2. The van der Waals surface area contributed by atoms with Gasteiger partial charge in [0.05, 0.1) is 16.7 Å². The summed E-state index contributed by atoms with van der Waals surface area (Å²) in [4.78, 5) is 21.1. The summed E-state index contributed by atoms with van der Waals surface area (Å²) in [5.74, 6) is 0. The predicted molar refractivity (Wildman–Crippen MR) is 101 cm³/mol. The molecule has 0 fully saturated rings. The van der Waals surface area contributed by atoms with Crippen molar-refractivity contribution in [3.63, 3.8) is 0 Å². The molecule has 0 radical (unpaired) electrons. The monoisotopic (exact) mass is 371 g/mol. The lowest BCUT2D eigenvalue weighted by molar-refractivity contribution is 1.15. The molecule has 1 aliphatic rings. The zero-order chi connectivity index (χ0) is 16.4. The highest BCUT2D eigenvalue weighted by Gasteiger charge is 2.26. The van der Waals surface area contributed by atoms with E-state index in [-0.39, 0.29) is 4.74 Å². The van der Waals surface area contributed by atoms with E-state index in [1.807, 2.05) is 58.8 Å². The number of thiazole rings is 1. The molecule has 118 valence electrons. The van der Waals surface area contributed by atoms with Crippen LogP contribution in [0.5, 0.6) is 0 Å². The molecule has 5 rings (SSSR count). The molecule has 0 saturated heterocycles. The molecule has 24 heavy (non-hydrogen) atoms. The molecule has 0 atom stereocenters. The normalized spacial score (nSPS) is 16.3. The smallest absolute Gasteiger partial charge is 0.262 e. The van der Waals surface area contributed by atoms with E-state index in [0.717, 1.165) is 31.6 Å². The summed E-state index contributed by atoms with van der Waals surface area (Å²) in [5.41, 5.74) is 2.87. The molecule has 2 aromatic heterocycles. The number of thioether (sulfide) groups is 1. The average Bonchev–Trinajstić information content (AvgIpc) is 3.17. The second-order valence-corrected chi connectivity index (χ2v) is 7.94. The van der Waals surface area contributed by atoms with Gasteiger partial charge in [0.2, 0.25) is 0 Å². The molecule has 0 saturated carbocycles. The first-order valence-electron chi connectivity index (χ1n) is 7.29. The number of nitrogens with zero attached hydrogens (tertiary/aromatic N) is 3. The molecule has 2 aromatic carbocycles. The molecule has 0 bridgehead atoms. The van der Waals surface area contributed by atoms with Gasteiger partial charge in [-0.05, 0) is 30.3 Å². The predicted octanol–water partition coefficient (Wildman–Crippen LogP) is 3.59. The molecule has 1 aliphatic heterocycles. The van der Waals surface area contributed by atoms with Gasteiger partial charge in [0, 0.05) is 17.0 Å². The fourth-order valence-corrected chi connectivity index (χ4v) is 5.29. The number of fused-ring (bicyclic) bond motifs is 4. The molecule has 0 N–H and O–H groups in total. The van der Waals surface area contributed by atoms with Crippen molar-refractivity contribution in [3.8, 4) is 0 Å². The Labute approximate surface area is 150 Å². The van der Waals surface area contributed by atoms with Crippen LogP contribution in [-0.4, -0.2) is 16.4 Å². The molecule has 4 aromatic rings. The third kappa shape index (κ3) is 1.87. The topological polar surface area (TPSA) is 37.6 Å². The van der Waals surface area contributed by atoms with Crippen molar-refractivity contribution in [1.29, 1.82) is 0 Å². The summed E-state index contributed by atoms with van der Waals surface area (Å²) in [5, 5.41) is 2.27. The van der Waals surface area contributed by atoms with Gasteiger partial charge in [-0.15, -0.1) is 0 Å². The first-order chi connectivity index (χ1) is 11.6. The maximum Gasteiger partial charge on any atom is 0.262 e. The van der Waals surface area contributed by atoms with Crippen LogP contribution in [0.2, 0.25) is 5.02 Å². The number of rotatable bonds is 0. The molecular weight excluding hydrogens is 362 g/mol. The Morgan fingerprint density at radius 1 is 1.17 bits per heavy atom. The number of halogens is 1. The summed E-state index contributed by atoms with van der Waals surface area (Å²) in [6.45, 7) is 0. The van der Waals surface area contributed by atoms with Crippen molar-refractivity contribution in [3.05, 3.63) is 62.4 Å². The SMILES string of the molecule is CN1C(=c2c(=O)sc3nc4ccccc4n23)Sc2ccc(Cl)cc21. The minimum Gasteiger partial charge on any atom is -0.336 e. The van der Waals surface area contributed by atoms with E-state index < -0.39 is 0 Å². The summed E-state index contributed by atoms with van der Waals surface area (Å²) in [7, 11) is 1.96. The van der Waals surface area contributed by atoms with Crippen molar-refractivity contribution in [2.75, 3.05) is 11.9 Å². The van der Waals surface area contributed by atoms with Crippen molar-refractivity contribution >= 4 is 61.4 Å². The van der Waals surface area contributed by atoms with E-state index in [2.05, 4.69) is 4.98 Å². The minimum atomic E-state index is 0.0245. The van der Waals surface area contributed by atoms with Crippen molar-refractivity contribution in [2.45, 2.75) is 4.90 Å². The molecule has 3 heterocycles. The molecule has 4 nitrogen and oxygen atoms in total. The number of aromatic nitrogens is 2. The molecule has 0 unspecified atom stereocenters. The first-order valence-corrected chi connectivity index (χ1v) is 9.30. The van der Waals surface area contributed by atoms with Gasteiger partial charge < -0.3 is 4.90 Å². The highest BCUT2D eigenvalue weighted by atomic mass is 35.5. The van der Waals surface area contributed by atoms with E-state index in [4.69, 9.17) is 11.6 Å². The van der Waals surface area contributed by atoms with Crippen LogP contribution in [0, 0.1) is 0 Å². The second-order valence-electron chi connectivity index (χ2n) is 5.53. The van der Waals surface area contributed by atoms with Gasteiger partial charge in [-0.3, -0.25) is 9.20 Å². The fraction of sp³-hybridized carbons (Fsp3) is 0.0588. The van der Waals surface area contributed by atoms with Gasteiger partial charge in [0.1, 0.15) is 10.4 Å².